The molecule has 28 heavy (non-hydrogen) atoms. The summed E-state index contributed by atoms with van der Waals surface area (Å²) in [5.74, 6) is 0.488. The summed E-state index contributed by atoms with van der Waals surface area (Å²) >= 11 is 0. The summed E-state index contributed by atoms with van der Waals surface area (Å²) in [5, 5.41) is 7.52. The molecule has 144 valence electrons. The number of sulfonamides is 1. The van der Waals surface area contributed by atoms with Crippen molar-refractivity contribution in [2.45, 2.75) is 24.3 Å². The molecular weight excluding hydrogens is 380 g/mol. The molecule has 0 unspecified atom stereocenters. The van der Waals surface area contributed by atoms with E-state index in [-0.39, 0.29) is 10.5 Å². The van der Waals surface area contributed by atoms with Gasteiger partial charge in [-0.15, -0.1) is 0 Å². The molecule has 0 saturated carbocycles. The predicted molar refractivity (Wildman–Crippen MR) is 103 cm³/mol. The van der Waals surface area contributed by atoms with Crippen molar-refractivity contribution in [3.63, 3.8) is 0 Å². The number of nitrogens with one attached hydrogen (secondary N) is 2. The maximum absolute atomic E-state index is 13.4. The van der Waals surface area contributed by atoms with Gasteiger partial charge >= 0.3 is 0 Å². The average Bonchev–Trinajstić information content (AvgIpc) is 3.23. The van der Waals surface area contributed by atoms with Crippen molar-refractivity contribution >= 4 is 32.0 Å². The molecule has 0 spiro atoms. The fraction of sp³-hybridized carbons (Fsp3) is 0.278. The summed E-state index contributed by atoms with van der Waals surface area (Å²) in [7, 11) is -2.10. The quantitative estimate of drug-likeness (QED) is 0.543. The maximum Gasteiger partial charge on any atom is 0.278 e. The van der Waals surface area contributed by atoms with Crippen LogP contribution in [0.2, 0.25) is 0 Å². The molecule has 5 rings (SSSR count). The van der Waals surface area contributed by atoms with Crippen molar-refractivity contribution in [1.29, 1.82) is 0 Å². The Labute approximate surface area is 160 Å². The topological polar surface area (TPSA) is 117 Å². The molecule has 1 atom stereocenters. The van der Waals surface area contributed by atoms with Crippen molar-refractivity contribution in [3.05, 3.63) is 52.3 Å². The van der Waals surface area contributed by atoms with Crippen molar-refractivity contribution in [1.82, 2.24) is 29.0 Å². The number of nitrogens with zero attached hydrogens (tertiary/aromatic N) is 4. The van der Waals surface area contributed by atoms with Gasteiger partial charge in [-0.1, -0.05) is 0 Å². The Balaban J connectivity index is 1.59. The molecule has 1 fully saturated rings. The van der Waals surface area contributed by atoms with Crippen LogP contribution in [0.4, 0.5) is 0 Å². The minimum atomic E-state index is -3.76. The second kappa shape index (κ2) is 5.76. The summed E-state index contributed by atoms with van der Waals surface area (Å²) in [5.41, 5.74) is 2.04. The highest BCUT2D eigenvalue weighted by atomic mass is 32.2. The summed E-state index contributed by atoms with van der Waals surface area (Å²) < 4.78 is 29.6. The number of imidazole rings is 1. The summed E-state index contributed by atoms with van der Waals surface area (Å²) in [6, 6.07) is 4.88. The molecule has 1 aromatic carbocycles. The number of fused-ring (bicyclic) bond motifs is 2. The molecule has 10 heteroatoms. The normalized spacial score (nSPS) is 18.0. The van der Waals surface area contributed by atoms with Crippen LogP contribution < -0.4 is 5.56 Å². The van der Waals surface area contributed by atoms with E-state index in [0.29, 0.717) is 35.3 Å². The molecule has 0 radical (unpaired) electrons. The van der Waals surface area contributed by atoms with Crippen LogP contribution in [-0.4, -0.2) is 44.0 Å². The van der Waals surface area contributed by atoms with Crippen molar-refractivity contribution < 1.29 is 8.42 Å². The first-order valence-corrected chi connectivity index (χ1v) is 10.3. The Morgan fingerprint density at radius 1 is 1.29 bits per heavy atom. The van der Waals surface area contributed by atoms with Crippen molar-refractivity contribution in [2.75, 3.05) is 6.54 Å². The number of pyridine rings is 1. The van der Waals surface area contributed by atoms with Crippen LogP contribution in [0.15, 0.2) is 40.3 Å². The van der Waals surface area contributed by atoms with E-state index < -0.39 is 16.1 Å². The maximum atomic E-state index is 13.4. The lowest BCUT2D eigenvalue weighted by Gasteiger charge is -2.38. The van der Waals surface area contributed by atoms with Crippen LogP contribution in [0.25, 0.3) is 21.9 Å². The van der Waals surface area contributed by atoms with Crippen molar-refractivity contribution in [2.24, 2.45) is 7.05 Å². The molecule has 0 aliphatic carbocycles. The molecule has 1 aliphatic heterocycles. The van der Waals surface area contributed by atoms with E-state index in [4.69, 9.17) is 0 Å². The number of rotatable bonds is 3. The second-order valence-corrected chi connectivity index (χ2v) is 8.99. The molecule has 0 bridgehead atoms. The molecule has 9 nitrogen and oxygen atoms in total. The van der Waals surface area contributed by atoms with Crippen molar-refractivity contribution in [3.8, 4) is 0 Å². The summed E-state index contributed by atoms with van der Waals surface area (Å²) in [6.45, 7) is 2.25. The number of H-pyrrole nitrogens is 2. The number of hydrogen-bond acceptors (Lipinski definition) is 5. The minimum Gasteiger partial charge on any atom is -0.340 e. The zero-order valence-corrected chi connectivity index (χ0v) is 16.1. The van der Waals surface area contributed by atoms with Gasteiger partial charge in [0.1, 0.15) is 10.7 Å². The van der Waals surface area contributed by atoms with Gasteiger partial charge in [0.2, 0.25) is 10.0 Å². The minimum absolute atomic E-state index is 0.205. The summed E-state index contributed by atoms with van der Waals surface area (Å²) in [6.07, 6.45) is 3.91. The van der Waals surface area contributed by atoms with Crippen LogP contribution in [0.3, 0.4) is 0 Å². The number of hydrogen-bond donors (Lipinski definition) is 2. The number of aromatic amines is 2. The van der Waals surface area contributed by atoms with Gasteiger partial charge in [-0.2, -0.15) is 9.40 Å². The van der Waals surface area contributed by atoms with Gasteiger partial charge in [0.25, 0.3) is 5.56 Å². The molecule has 3 aromatic heterocycles. The molecule has 1 saturated heterocycles. The van der Waals surface area contributed by atoms with Gasteiger partial charge in [0, 0.05) is 25.2 Å². The van der Waals surface area contributed by atoms with Gasteiger partial charge < -0.3 is 9.55 Å². The average molecular weight is 398 g/mol. The Morgan fingerprint density at radius 3 is 2.86 bits per heavy atom. The lowest BCUT2D eigenvalue weighted by Crippen LogP contribution is -2.45. The van der Waals surface area contributed by atoms with E-state index in [1.165, 1.54) is 8.87 Å². The fourth-order valence-electron chi connectivity index (χ4n) is 3.69. The predicted octanol–water partition coefficient (Wildman–Crippen LogP) is 1.58. The van der Waals surface area contributed by atoms with Crippen LogP contribution >= 0.6 is 0 Å². The number of aryl methyl sites for hydroxylation is 2. The van der Waals surface area contributed by atoms with Crippen LogP contribution in [0.5, 0.6) is 0 Å². The van der Waals surface area contributed by atoms with E-state index in [0.717, 1.165) is 10.9 Å². The first kappa shape index (κ1) is 17.1. The molecule has 4 aromatic rings. The highest BCUT2D eigenvalue weighted by molar-refractivity contribution is 7.89. The third-order valence-electron chi connectivity index (χ3n) is 5.27. The zero-order chi connectivity index (χ0) is 19.6. The first-order chi connectivity index (χ1) is 13.4. The SMILES string of the molecule is Cc1cc(S(=O)(=O)N2CC[C@H]2c2nc3c(=O)n(C)ccc3[nH]2)c2[nH]ncc2c1. The van der Waals surface area contributed by atoms with E-state index in [1.54, 1.807) is 31.6 Å². The highest BCUT2D eigenvalue weighted by Gasteiger charge is 2.42. The van der Waals surface area contributed by atoms with Gasteiger partial charge in [-0.05, 0) is 37.1 Å². The smallest absolute Gasteiger partial charge is 0.278 e. The molecular formula is C18H18N6O3S. The largest absolute Gasteiger partial charge is 0.340 e. The third-order valence-corrected chi connectivity index (χ3v) is 7.20. The zero-order valence-electron chi connectivity index (χ0n) is 15.3. The standard InChI is InChI=1S/C18H18N6O3S/c1-10-7-11-9-19-22-15(11)14(8-10)28(26,27)24-6-4-13(24)17-20-12-3-5-23(2)18(25)16(12)21-17/h3,5,7-9,13H,4,6H2,1-2H3,(H,19,22)(H,20,21)/t13-/m0/s1. The fourth-order valence-corrected chi connectivity index (χ4v) is 5.59. The Kier molecular flexibility index (Phi) is 3.52. The number of aromatic nitrogens is 5. The van der Waals surface area contributed by atoms with E-state index in [1.807, 2.05) is 13.0 Å². The Bertz CT molecular complexity index is 1400. The second-order valence-electron chi connectivity index (χ2n) is 7.13. The summed E-state index contributed by atoms with van der Waals surface area (Å²) in [4.78, 5) is 20.0. The molecule has 2 N–H and O–H groups in total. The van der Waals surface area contributed by atoms with Gasteiger partial charge in [0.15, 0.2) is 5.52 Å². The molecule has 1 aliphatic rings. The monoisotopic (exact) mass is 398 g/mol. The Morgan fingerprint density at radius 2 is 2.11 bits per heavy atom. The van der Waals surface area contributed by atoms with E-state index >= 15 is 0 Å². The Hall–Kier alpha value is -2.98. The van der Waals surface area contributed by atoms with Gasteiger partial charge in [-0.3, -0.25) is 9.89 Å². The van der Waals surface area contributed by atoms with E-state index in [9.17, 15) is 13.2 Å². The highest BCUT2D eigenvalue weighted by Crippen LogP contribution is 2.38. The van der Waals surface area contributed by atoms with Crippen LogP contribution in [-0.2, 0) is 17.1 Å². The molecule has 0 amide bonds. The van der Waals surface area contributed by atoms with E-state index in [2.05, 4.69) is 20.2 Å². The van der Waals surface area contributed by atoms with Gasteiger partial charge in [0.05, 0.1) is 23.3 Å². The lowest BCUT2D eigenvalue weighted by molar-refractivity contribution is 0.194. The third kappa shape index (κ3) is 2.34. The van der Waals surface area contributed by atoms with Crippen LogP contribution in [0.1, 0.15) is 23.9 Å². The lowest BCUT2D eigenvalue weighted by atomic mass is 10.1. The first-order valence-electron chi connectivity index (χ1n) is 8.87. The van der Waals surface area contributed by atoms with Crippen LogP contribution in [0, 0.1) is 6.92 Å². The molecule has 4 heterocycles. The van der Waals surface area contributed by atoms with Gasteiger partial charge in [-0.25, -0.2) is 13.4 Å². The number of benzene rings is 1.